The van der Waals surface area contributed by atoms with E-state index in [2.05, 4.69) is 67.4 Å². The molecule has 3 heterocycles. The van der Waals surface area contributed by atoms with E-state index in [1.165, 1.54) is 33.4 Å². The standard InChI is InChI=1S/C29H29NO5/c1-17-3-5-18(6-4-17)9-10-31-26-12-19-11-24-25(34-15-33-24)13-21(19)28-27(26)20-7-8-23-29(35-16-32-23)22(20)14-30(28)2/h3-8,11,13,26-28H,9-10,12,14-16H2,1-2H3/t26-,27?,28?/m0/s1. The van der Waals surface area contributed by atoms with Gasteiger partial charge in [-0.05, 0) is 67.3 Å². The van der Waals surface area contributed by atoms with Crippen LogP contribution >= 0.6 is 0 Å². The molecule has 3 aromatic rings. The van der Waals surface area contributed by atoms with E-state index in [9.17, 15) is 0 Å². The van der Waals surface area contributed by atoms with Gasteiger partial charge in [-0.25, -0.2) is 0 Å². The van der Waals surface area contributed by atoms with Crippen molar-refractivity contribution in [3.8, 4) is 23.0 Å². The molecule has 0 fully saturated rings. The fourth-order valence-electron chi connectivity index (χ4n) is 6.19. The molecule has 3 aliphatic heterocycles. The smallest absolute Gasteiger partial charge is 0.231 e. The number of likely N-dealkylation sites (N-methyl/N-ethyl adjacent to an activating group) is 1. The summed E-state index contributed by atoms with van der Waals surface area (Å²) in [7, 11) is 2.19. The predicted octanol–water partition coefficient (Wildman–Crippen LogP) is 4.91. The van der Waals surface area contributed by atoms with Crippen LogP contribution in [0.15, 0.2) is 48.5 Å². The van der Waals surface area contributed by atoms with Gasteiger partial charge in [0.15, 0.2) is 23.0 Å². The summed E-state index contributed by atoms with van der Waals surface area (Å²) in [5.74, 6) is 3.59. The van der Waals surface area contributed by atoms with E-state index in [0.29, 0.717) is 6.61 Å². The van der Waals surface area contributed by atoms with E-state index in [0.717, 1.165) is 42.4 Å². The Kier molecular flexibility index (Phi) is 4.93. The Morgan fingerprint density at radius 2 is 1.66 bits per heavy atom. The third-order valence-electron chi connectivity index (χ3n) is 7.88. The Balaban J connectivity index is 1.26. The summed E-state index contributed by atoms with van der Waals surface area (Å²) in [5, 5.41) is 0. The molecule has 2 unspecified atom stereocenters. The lowest BCUT2D eigenvalue weighted by Crippen LogP contribution is -2.44. The minimum Gasteiger partial charge on any atom is -0.454 e. The molecule has 0 aromatic heterocycles. The second kappa shape index (κ2) is 8.18. The minimum absolute atomic E-state index is 0.0418. The normalized spacial score (nSPS) is 23.5. The fraction of sp³-hybridized carbons (Fsp3) is 0.379. The van der Waals surface area contributed by atoms with Crippen LogP contribution in [-0.2, 0) is 24.1 Å². The highest BCUT2D eigenvalue weighted by Gasteiger charge is 2.46. The number of ether oxygens (including phenoxy) is 5. The zero-order chi connectivity index (χ0) is 23.5. The zero-order valence-electron chi connectivity index (χ0n) is 20.1. The molecule has 7 rings (SSSR count). The van der Waals surface area contributed by atoms with Crippen molar-refractivity contribution in [2.45, 2.75) is 44.4 Å². The van der Waals surface area contributed by atoms with E-state index in [-0.39, 0.29) is 31.6 Å². The van der Waals surface area contributed by atoms with E-state index in [1.807, 2.05) is 0 Å². The summed E-state index contributed by atoms with van der Waals surface area (Å²) in [4.78, 5) is 2.42. The second-order valence-corrected chi connectivity index (χ2v) is 10.0. The number of benzene rings is 3. The van der Waals surface area contributed by atoms with Gasteiger partial charge in [-0.2, -0.15) is 0 Å². The lowest BCUT2D eigenvalue weighted by atomic mass is 9.70. The number of fused-ring (bicyclic) bond motifs is 8. The first kappa shape index (κ1) is 21.1. The molecule has 4 aliphatic rings. The number of nitrogens with zero attached hydrogens (tertiary/aromatic N) is 1. The SMILES string of the molecule is Cc1ccc(CCO[C@H]2Cc3cc4c(cc3C3C2c2ccc5c(c2CN3C)OCO5)OCO4)cc1. The van der Waals surface area contributed by atoms with Crippen LogP contribution in [0.5, 0.6) is 23.0 Å². The Morgan fingerprint density at radius 3 is 2.51 bits per heavy atom. The van der Waals surface area contributed by atoms with Crippen molar-refractivity contribution in [1.29, 1.82) is 0 Å². The van der Waals surface area contributed by atoms with Crippen molar-refractivity contribution in [2.24, 2.45) is 0 Å². The Morgan fingerprint density at radius 1 is 0.886 bits per heavy atom. The lowest BCUT2D eigenvalue weighted by molar-refractivity contribution is -0.00410. The van der Waals surface area contributed by atoms with Crippen LogP contribution in [0.3, 0.4) is 0 Å². The number of hydrogen-bond donors (Lipinski definition) is 0. The number of aryl methyl sites for hydroxylation is 1. The second-order valence-electron chi connectivity index (χ2n) is 10.0. The van der Waals surface area contributed by atoms with Gasteiger partial charge in [0.1, 0.15) is 0 Å². The van der Waals surface area contributed by atoms with Gasteiger partial charge in [-0.3, -0.25) is 4.90 Å². The maximum atomic E-state index is 6.72. The van der Waals surface area contributed by atoms with Gasteiger partial charge in [-0.15, -0.1) is 0 Å². The Bertz CT molecular complexity index is 1290. The topological polar surface area (TPSA) is 49.4 Å². The first-order valence-electron chi connectivity index (χ1n) is 12.4. The first-order chi connectivity index (χ1) is 17.2. The van der Waals surface area contributed by atoms with Crippen molar-refractivity contribution >= 4 is 0 Å². The Hall–Kier alpha value is -3.22. The quantitative estimate of drug-likeness (QED) is 0.539. The van der Waals surface area contributed by atoms with Gasteiger partial charge >= 0.3 is 0 Å². The summed E-state index contributed by atoms with van der Waals surface area (Å²) in [5.41, 5.74) is 7.70. The maximum absolute atomic E-state index is 6.72. The summed E-state index contributed by atoms with van der Waals surface area (Å²) in [6.45, 7) is 4.17. The molecule has 0 amide bonds. The number of hydrogen-bond acceptors (Lipinski definition) is 6. The molecule has 0 saturated carbocycles. The lowest BCUT2D eigenvalue weighted by Gasteiger charge is -2.48. The van der Waals surface area contributed by atoms with Crippen molar-refractivity contribution in [1.82, 2.24) is 4.90 Å². The van der Waals surface area contributed by atoms with Gasteiger partial charge in [0.25, 0.3) is 0 Å². The van der Waals surface area contributed by atoms with Gasteiger partial charge < -0.3 is 23.7 Å². The van der Waals surface area contributed by atoms with Gasteiger partial charge in [0, 0.05) is 24.1 Å². The average Bonchev–Trinajstić information content (AvgIpc) is 3.53. The molecule has 0 saturated heterocycles. The average molecular weight is 472 g/mol. The third-order valence-corrected chi connectivity index (χ3v) is 7.88. The van der Waals surface area contributed by atoms with Crippen LogP contribution in [0, 0.1) is 6.92 Å². The maximum Gasteiger partial charge on any atom is 0.231 e. The largest absolute Gasteiger partial charge is 0.454 e. The molecular formula is C29H29NO5. The molecule has 0 radical (unpaired) electrons. The summed E-state index contributed by atoms with van der Waals surface area (Å²) < 4.78 is 29.8. The molecule has 35 heavy (non-hydrogen) atoms. The molecule has 6 nitrogen and oxygen atoms in total. The first-order valence-corrected chi connectivity index (χ1v) is 12.4. The number of rotatable bonds is 4. The summed E-state index contributed by atoms with van der Waals surface area (Å²) >= 11 is 0. The van der Waals surface area contributed by atoms with Gasteiger partial charge in [0.2, 0.25) is 13.6 Å². The van der Waals surface area contributed by atoms with E-state index in [4.69, 9.17) is 23.7 Å². The molecule has 0 bridgehead atoms. The predicted molar refractivity (Wildman–Crippen MR) is 130 cm³/mol. The van der Waals surface area contributed by atoms with Crippen molar-refractivity contribution in [3.63, 3.8) is 0 Å². The minimum atomic E-state index is 0.0418. The molecular weight excluding hydrogens is 442 g/mol. The fourth-order valence-corrected chi connectivity index (χ4v) is 6.19. The third kappa shape index (κ3) is 3.46. The van der Waals surface area contributed by atoms with E-state index < -0.39 is 0 Å². The summed E-state index contributed by atoms with van der Waals surface area (Å²) in [6, 6.07) is 17.5. The highest BCUT2D eigenvalue weighted by atomic mass is 16.7. The monoisotopic (exact) mass is 471 g/mol. The highest BCUT2D eigenvalue weighted by Crippen LogP contribution is 2.54. The van der Waals surface area contributed by atoms with Gasteiger partial charge in [-0.1, -0.05) is 35.9 Å². The molecule has 3 aromatic carbocycles. The zero-order valence-corrected chi connectivity index (χ0v) is 20.1. The molecule has 6 heteroatoms. The van der Waals surface area contributed by atoms with E-state index in [1.54, 1.807) is 0 Å². The molecule has 0 N–H and O–H groups in total. The van der Waals surface area contributed by atoms with Crippen molar-refractivity contribution in [3.05, 3.63) is 81.9 Å². The van der Waals surface area contributed by atoms with E-state index >= 15 is 0 Å². The van der Waals surface area contributed by atoms with Gasteiger partial charge in [0.05, 0.1) is 12.7 Å². The molecule has 180 valence electrons. The molecule has 3 atom stereocenters. The Labute approximate surface area is 205 Å². The van der Waals surface area contributed by atoms with Crippen molar-refractivity contribution in [2.75, 3.05) is 27.2 Å². The van der Waals surface area contributed by atoms with Crippen molar-refractivity contribution < 1.29 is 23.7 Å². The van der Waals surface area contributed by atoms with Crippen LogP contribution in [0.2, 0.25) is 0 Å². The van der Waals surface area contributed by atoms with Crippen LogP contribution < -0.4 is 18.9 Å². The molecule has 0 spiro atoms. The summed E-state index contributed by atoms with van der Waals surface area (Å²) in [6.07, 6.45) is 1.77. The van der Waals surface area contributed by atoms with Crippen LogP contribution in [0.1, 0.15) is 45.3 Å². The van der Waals surface area contributed by atoms with Crippen LogP contribution in [-0.4, -0.2) is 38.2 Å². The molecule has 1 aliphatic carbocycles. The van der Waals surface area contributed by atoms with Crippen LogP contribution in [0.4, 0.5) is 0 Å². The van der Waals surface area contributed by atoms with Crippen LogP contribution in [0.25, 0.3) is 0 Å². The highest BCUT2D eigenvalue weighted by molar-refractivity contribution is 5.58.